The quantitative estimate of drug-likeness (QED) is 0.807. The van der Waals surface area contributed by atoms with E-state index in [2.05, 4.69) is 5.32 Å². The third-order valence-corrected chi connectivity index (χ3v) is 4.76. The lowest BCUT2D eigenvalue weighted by molar-refractivity contribution is 0.104. The number of rotatable bonds is 3. The summed E-state index contributed by atoms with van der Waals surface area (Å²) in [4.78, 5) is 37.7. The Labute approximate surface area is 158 Å². The molecule has 0 aliphatic carbocycles. The molecule has 1 aromatic heterocycles. The van der Waals surface area contributed by atoms with Crippen LogP contribution >= 0.6 is 11.6 Å². The van der Waals surface area contributed by atoms with Gasteiger partial charge in [-0.1, -0.05) is 18.5 Å². The van der Waals surface area contributed by atoms with Gasteiger partial charge in [-0.2, -0.15) is 0 Å². The Bertz CT molecular complexity index is 1130. The fourth-order valence-electron chi connectivity index (χ4n) is 3.19. The Morgan fingerprint density at radius 1 is 1.26 bits per heavy atom. The number of carbonyl (C=O) groups excluding carboxylic acids is 1. The smallest absolute Gasteiger partial charge is 0.332 e. The van der Waals surface area contributed by atoms with E-state index in [0.717, 1.165) is 4.57 Å². The number of nitrogens with zero attached hydrogens (tertiary/aromatic N) is 2. The van der Waals surface area contributed by atoms with Crippen molar-refractivity contribution in [1.29, 1.82) is 0 Å². The SMILES string of the molecule is CCCn1c2c(c(=O)n(C)c1=O)C(=O)/C(=C\c1cc(Cl)c3c(c1)OCO3)N2. The number of aromatic nitrogens is 2. The van der Waals surface area contributed by atoms with Crippen molar-refractivity contribution in [1.82, 2.24) is 9.13 Å². The van der Waals surface area contributed by atoms with Crippen molar-refractivity contribution < 1.29 is 14.3 Å². The molecule has 2 aliphatic heterocycles. The van der Waals surface area contributed by atoms with Crippen LogP contribution in [0.2, 0.25) is 5.02 Å². The molecule has 4 rings (SSSR count). The van der Waals surface area contributed by atoms with E-state index in [9.17, 15) is 14.4 Å². The van der Waals surface area contributed by atoms with Gasteiger partial charge >= 0.3 is 5.69 Å². The van der Waals surface area contributed by atoms with Crippen molar-refractivity contribution in [3.05, 3.63) is 54.8 Å². The Hall–Kier alpha value is -3.00. The van der Waals surface area contributed by atoms with Crippen molar-refractivity contribution in [3.63, 3.8) is 0 Å². The molecule has 2 aromatic rings. The molecule has 0 fully saturated rings. The Morgan fingerprint density at radius 2 is 2.04 bits per heavy atom. The summed E-state index contributed by atoms with van der Waals surface area (Å²) in [6.07, 6.45) is 2.24. The average molecular weight is 390 g/mol. The van der Waals surface area contributed by atoms with Crippen LogP contribution in [0.3, 0.4) is 0 Å². The number of benzene rings is 1. The van der Waals surface area contributed by atoms with Crippen molar-refractivity contribution in [2.45, 2.75) is 19.9 Å². The first-order chi connectivity index (χ1) is 12.9. The summed E-state index contributed by atoms with van der Waals surface area (Å²) in [7, 11) is 1.36. The van der Waals surface area contributed by atoms with Gasteiger partial charge in [0.2, 0.25) is 12.6 Å². The van der Waals surface area contributed by atoms with Crippen LogP contribution in [0, 0.1) is 0 Å². The number of hydrogen-bond donors (Lipinski definition) is 1. The predicted molar refractivity (Wildman–Crippen MR) is 99.7 cm³/mol. The number of carbonyl (C=O) groups is 1. The molecule has 140 valence electrons. The maximum absolute atomic E-state index is 12.8. The number of fused-ring (bicyclic) bond motifs is 2. The molecule has 2 aliphatic rings. The van der Waals surface area contributed by atoms with Gasteiger partial charge in [-0.25, -0.2) is 4.79 Å². The number of nitrogens with one attached hydrogen (secondary N) is 1. The van der Waals surface area contributed by atoms with Gasteiger partial charge < -0.3 is 14.8 Å². The second kappa shape index (κ2) is 6.31. The molecule has 0 radical (unpaired) electrons. The zero-order valence-electron chi connectivity index (χ0n) is 14.7. The number of hydrogen-bond acceptors (Lipinski definition) is 6. The predicted octanol–water partition coefficient (Wildman–Crippen LogP) is 1.99. The summed E-state index contributed by atoms with van der Waals surface area (Å²) in [5.74, 6) is 0.701. The van der Waals surface area contributed by atoms with Gasteiger partial charge in [-0.3, -0.25) is 18.7 Å². The lowest BCUT2D eigenvalue weighted by Crippen LogP contribution is -2.40. The summed E-state index contributed by atoms with van der Waals surface area (Å²) >= 11 is 6.18. The lowest BCUT2D eigenvalue weighted by atomic mass is 10.1. The van der Waals surface area contributed by atoms with Gasteiger partial charge in [-0.05, 0) is 30.2 Å². The number of ketones is 1. The average Bonchev–Trinajstić information content (AvgIpc) is 3.23. The van der Waals surface area contributed by atoms with E-state index in [1.165, 1.54) is 11.6 Å². The molecule has 0 amide bonds. The van der Waals surface area contributed by atoms with Gasteiger partial charge in [0.1, 0.15) is 11.4 Å². The maximum atomic E-state index is 12.8. The van der Waals surface area contributed by atoms with Crippen molar-refractivity contribution in [3.8, 4) is 11.5 Å². The molecular weight excluding hydrogens is 374 g/mol. The highest BCUT2D eigenvalue weighted by Gasteiger charge is 2.32. The summed E-state index contributed by atoms with van der Waals surface area (Å²) in [6.45, 7) is 2.38. The van der Waals surface area contributed by atoms with Crippen LogP contribution in [0.5, 0.6) is 11.5 Å². The van der Waals surface area contributed by atoms with Crippen LogP contribution in [0.1, 0.15) is 29.3 Å². The summed E-state index contributed by atoms with van der Waals surface area (Å²) < 4.78 is 13.0. The van der Waals surface area contributed by atoms with Crippen LogP contribution in [-0.4, -0.2) is 21.7 Å². The number of anilines is 1. The summed E-state index contributed by atoms with van der Waals surface area (Å²) in [5, 5.41) is 3.29. The number of allylic oxidation sites excluding steroid dienone is 1. The number of ether oxygens (including phenoxy) is 2. The molecule has 1 aromatic carbocycles. The van der Waals surface area contributed by atoms with Crippen molar-refractivity contribution >= 4 is 29.3 Å². The summed E-state index contributed by atoms with van der Waals surface area (Å²) in [6, 6.07) is 3.33. The van der Waals surface area contributed by atoms with Gasteiger partial charge in [0.05, 0.1) is 10.7 Å². The molecule has 27 heavy (non-hydrogen) atoms. The van der Waals surface area contributed by atoms with E-state index in [-0.39, 0.29) is 23.9 Å². The van der Waals surface area contributed by atoms with E-state index in [1.807, 2.05) is 6.92 Å². The maximum Gasteiger partial charge on any atom is 0.332 e. The molecule has 0 bridgehead atoms. The summed E-state index contributed by atoms with van der Waals surface area (Å²) in [5.41, 5.74) is -0.328. The molecule has 9 heteroatoms. The van der Waals surface area contributed by atoms with Crippen LogP contribution in [0.4, 0.5) is 5.82 Å². The standard InChI is InChI=1S/C18H16ClN3O5/c1-3-4-22-16-13(17(24)21(2)18(22)25)14(23)11(20-16)6-9-5-10(19)15-12(7-9)26-8-27-15/h5-7,20H,3-4,8H2,1-2H3/b11-6+. The van der Waals surface area contributed by atoms with Gasteiger partial charge in [0.25, 0.3) is 5.56 Å². The van der Waals surface area contributed by atoms with Gasteiger partial charge in [0.15, 0.2) is 11.5 Å². The first-order valence-electron chi connectivity index (χ1n) is 8.38. The Balaban J connectivity index is 1.83. The van der Waals surface area contributed by atoms with Crippen LogP contribution in [0.25, 0.3) is 6.08 Å². The Morgan fingerprint density at radius 3 is 2.78 bits per heavy atom. The van der Waals surface area contributed by atoms with Gasteiger partial charge in [-0.15, -0.1) is 0 Å². The third kappa shape index (κ3) is 2.64. The Kier molecular flexibility index (Phi) is 4.07. The third-order valence-electron chi connectivity index (χ3n) is 4.48. The fraction of sp³-hybridized carbons (Fsp3) is 0.278. The minimum atomic E-state index is -0.619. The molecule has 3 heterocycles. The molecule has 0 atom stereocenters. The first kappa shape index (κ1) is 17.4. The van der Waals surface area contributed by atoms with Crippen molar-refractivity contribution in [2.75, 3.05) is 12.1 Å². The second-order valence-electron chi connectivity index (χ2n) is 6.27. The zero-order valence-corrected chi connectivity index (χ0v) is 15.4. The molecule has 0 saturated heterocycles. The topological polar surface area (TPSA) is 91.6 Å². The van der Waals surface area contributed by atoms with E-state index < -0.39 is 17.0 Å². The van der Waals surface area contributed by atoms with Crippen LogP contribution < -0.4 is 26.0 Å². The van der Waals surface area contributed by atoms with E-state index >= 15 is 0 Å². The van der Waals surface area contributed by atoms with Crippen LogP contribution in [0.15, 0.2) is 27.4 Å². The van der Waals surface area contributed by atoms with Crippen molar-refractivity contribution in [2.24, 2.45) is 7.05 Å². The number of halogens is 1. The largest absolute Gasteiger partial charge is 0.454 e. The lowest BCUT2D eigenvalue weighted by Gasteiger charge is -2.11. The minimum absolute atomic E-state index is 0.0383. The van der Waals surface area contributed by atoms with E-state index in [1.54, 1.807) is 18.2 Å². The zero-order chi connectivity index (χ0) is 19.3. The number of Topliss-reactive ketones (excluding diaryl/α,β-unsaturated/α-hetero) is 1. The molecule has 1 N–H and O–H groups in total. The highest BCUT2D eigenvalue weighted by Crippen LogP contribution is 2.40. The fourth-order valence-corrected chi connectivity index (χ4v) is 3.46. The van der Waals surface area contributed by atoms with E-state index in [4.69, 9.17) is 21.1 Å². The molecular formula is C18H16ClN3O5. The van der Waals surface area contributed by atoms with E-state index in [0.29, 0.717) is 35.1 Å². The highest BCUT2D eigenvalue weighted by molar-refractivity contribution is 6.32. The molecule has 0 unspecified atom stereocenters. The van der Waals surface area contributed by atoms with Crippen LogP contribution in [-0.2, 0) is 13.6 Å². The second-order valence-corrected chi connectivity index (χ2v) is 6.68. The first-order valence-corrected chi connectivity index (χ1v) is 8.76. The molecule has 8 nitrogen and oxygen atoms in total. The molecule has 0 saturated carbocycles. The normalized spacial score (nSPS) is 16.0. The molecule has 0 spiro atoms. The minimum Gasteiger partial charge on any atom is -0.454 e. The van der Waals surface area contributed by atoms with Gasteiger partial charge in [0, 0.05) is 13.6 Å². The highest BCUT2D eigenvalue weighted by atomic mass is 35.5. The monoisotopic (exact) mass is 389 g/mol.